The molecular formula is C19H21F3N2O4. The van der Waals surface area contributed by atoms with Crippen molar-refractivity contribution in [2.45, 2.75) is 19.6 Å². The first kappa shape index (κ1) is 21.3. The molecule has 2 aromatic rings. The summed E-state index contributed by atoms with van der Waals surface area (Å²) in [6.45, 7) is 0.807. The van der Waals surface area contributed by atoms with Gasteiger partial charge in [0, 0.05) is 19.3 Å². The Morgan fingerprint density at radius 2 is 1.86 bits per heavy atom. The number of hydrogen-bond acceptors (Lipinski definition) is 5. The van der Waals surface area contributed by atoms with Gasteiger partial charge in [0.15, 0.2) is 18.1 Å². The van der Waals surface area contributed by atoms with E-state index in [-0.39, 0.29) is 18.0 Å². The van der Waals surface area contributed by atoms with Gasteiger partial charge in [0.1, 0.15) is 5.56 Å². The summed E-state index contributed by atoms with van der Waals surface area (Å²) in [7, 11) is 3.02. The van der Waals surface area contributed by atoms with Crippen LogP contribution in [-0.4, -0.2) is 49.3 Å². The van der Waals surface area contributed by atoms with Crippen molar-refractivity contribution in [3.63, 3.8) is 0 Å². The molecule has 0 unspecified atom stereocenters. The monoisotopic (exact) mass is 398 g/mol. The summed E-state index contributed by atoms with van der Waals surface area (Å²) in [5.74, 6) is 0.230. The van der Waals surface area contributed by atoms with E-state index in [9.17, 15) is 18.0 Å². The predicted molar refractivity (Wildman–Crippen MR) is 95.7 cm³/mol. The molecule has 0 aliphatic heterocycles. The Hall–Kier alpha value is -2.97. The minimum atomic E-state index is -4.53. The molecule has 1 amide bonds. The molecule has 1 heterocycles. The van der Waals surface area contributed by atoms with Gasteiger partial charge in [0.25, 0.3) is 5.91 Å². The van der Waals surface area contributed by atoms with Crippen molar-refractivity contribution in [1.29, 1.82) is 0 Å². The Morgan fingerprint density at radius 1 is 1.14 bits per heavy atom. The summed E-state index contributed by atoms with van der Waals surface area (Å²) in [5.41, 5.74) is 0.739. The third-order valence-electron chi connectivity index (χ3n) is 3.86. The molecule has 0 atom stereocenters. The Kier molecular flexibility index (Phi) is 7.08. The molecule has 0 bridgehead atoms. The molecule has 9 heteroatoms. The van der Waals surface area contributed by atoms with Gasteiger partial charge < -0.3 is 19.1 Å². The number of benzene rings is 1. The van der Waals surface area contributed by atoms with Crippen molar-refractivity contribution in [1.82, 2.24) is 9.88 Å². The average molecular weight is 398 g/mol. The van der Waals surface area contributed by atoms with Gasteiger partial charge in [-0.2, -0.15) is 13.2 Å². The van der Waals surface area contributed by atoms with Crippen LogP contribution in [-0.2, 0) is 6.54 Å². The van der Waals surface area contributed by atoms with E-state index in [1.807, 2.05) is 0 Å². The number of alkyl halides is 3. The van der Waals surface area contributed by atoms with Crippen LogP contribution in [0, 0.1) is 0 Å². The number of hydrogen-bond donors (Lipinski definition) is 0. The molecule has 0 spiro atoms. The largest absolute Gasteiger partial charge is 0.493 e. The zero-order valence-electron chi connectivity index (χ0n) is 15.7. The molecule has 2 rings (SSSR count). The predicted octanol–water partition coefficient (Wildman–Crippen LogP) is 3.70. The van der Waals surface area contributed by atoms with Gasteiger partial charge in [-0.25, -0.2) is 4.98 Å². The van der Waals surface area contributed by atoms with Crippen molar-refractivity contribution in [2.75, 3.05) is 27.4 Å². The van der Waals surface area contributed by atoms with Crippen molar-refractivity contribution in [3.05, 3.63) is 47.7 Å². The fourth-order valence-corrected chi connectivity index (χ4v) is 2.52. The highest BCUT2D eigenvalue weighted by Gasteiger charge is 2.30. The van der Waals surface area contributed by atoms with E-state index in [2.05, 4.69) is 4.98 Å². The minimum absolute atomic E-state index is 0.0333. The van der Waals surface area contributed by atoms with E-state index in [0.717, 1.165) is 5.56 Å². The summed E-state index contributed by atoms with van der Waals surface area (Å²) in [5, 5.41) is 0. The van der Waals surface area contributed by atoms with Gasteiger partial charge in [-0.1, -0.05) is 6.07 Å². The highest BCUT2D eigenvalue weighted by molar-refractivity contribution is 5.96. The van der Waals surface area contributed by atoms with Gasteiger partial charge in [0.05, 0.1) is 14.2 Å². The van der Waals surface area contributed by atoms with Crippen LogP contribution in [0.2, 0.25) is 0 Å². The van der Waals surface area contributed by atoms with E-state index in [1.165, 1.54) is 37.4 Å². The molecule has 0 fully saturated rings. The first-order chi connectivity index (χ1) is 13.3. The second-order valence-electron chi connectivity index (χ2n) is 5.77. The topological polar surface area (TPSA) is 60.9 Å². The van der Waals surface area contributed by atoms with Gasteiger partial charge in [-0.15, -0.1) is 0 Å². The van der Waals surface area contributed by atoms with Gasteiger partial charge in [-0.3, -0.25) is 4.79 Å². The number of nitrogens with zero attached hydrogens (tertiary/aromatic N) is 2. The standard InChI is InChI=1S/C19H21F3N2O4/c1-4-24(11-13-7-8-15(26-2)16(10-13)27-3)18(25)14-6-5-9-23-17(14)28-12-19(20,21)22/h5-10H,4,11-12H2,1-3H3. The number of methoxy groups -OCH3 is 2. The molecule has 6 nitrogen and oxygen atoms in total. The minimum Gasteiger partial charge on any atom is -0.493 e. The Bertz CT molecular complexity index is 812. The van der Waals surface area contributed by atoms with E-state index >= 15 is 0 Å². The summed E-state index contributed by atoms with van der Waals surface area (Å²) in [6, 6.07) is 8.09. The fourth-order valence-electron chi connectivity index (χ4n) is 2.52. The molecule has 1 aromatic heterocycles. The Morgan fingerprint density at radius 3 is 2.46 bits per heavy atom. The number of pyridine rings is 1. The summed E-state index contributed by atoms with van der Waals surface area (Å²) in [6.07, 6.45) is -3.25. The first-order valence-corrected chi connectivity index (χ1v) is 8.43. The molecule has 0 radical (unpaired) electrons. The van der Waals surface area contributed by atoms with Crippen LogP contribution in [0.4, 0.5) is 13.2 Å². The highest BCUT2D eigenvalue weighted by atomic mass is 19.4. The number of ether oxygens (including phenoxy) is 3. The lowest BCUT2D eigenvalue weighted by Gasteiger charge is -2.22. The van der Waals surface area contributed by atoms with E-state index in [0.29, 0.717) is 18.0 Å². The van der Waals surface area contributed by atoms with Crippen LogP contribution < -0.4 is 14.2 Å². The lowest BCUT2D eigenvalue weighted by molar-refractivity contribution is -0.154. The van der Waals surface area contributed by atoms with Crippen LogP contribution in [0.5, 0.6) is 17.4 Å². The van der Waals surface area contributed by atoms with E-state index < -0.39 is 18.7 Å². The molecule has 1 aromatic carbocycles. The van der Waals surface area contributed by atoms with Crippen LogP contribution in [0.1, 0.15) is 22.8 Å². The lowest BCUT2D eigenvalue weighted by Crippen LogP contribution is -2.31. The summed E-state index contributed by atoms with van der Waals surface area (Å²) in [4.78, 5) is 18.1. The average Bonchev–Trinajstić information content (AvgIpc) is 2.69. The fraction of sp³-hybridized carbons (Fsp3) is 0.368. The lowest BCUT2D eigenvalue weighted by atomic mass is 10.1. The molecule has 152 valence electrons. The number of carbonyl (C=O) groups excluding carboxylic acids is 1. The molecule has 0 saturated carbocycles. The molecule has 0 N–H and O–H groups in total. The second kappa shape index (κ2) is 9.29. The van der Waals surface area contributed by atoms with Crippen molar-refractivity contribution >= 4 is 5.91 Å². The van der Waals surface area contributed by atoms with Crippen molar-refractivity contribution in [3.8, 4) is 17.4 Å². The smallest absolute Gasteiger partial charge is 0.422 e. The number of rotatable bonds is 8. The number of halogens is 3. The first-order valence-electron chi connectivity index (χ1n) is 8.43. The molecular weight excluding hydrogens is 377 g/mol. The quantitative estimate of drug-likeness (QED) is 0.679. The molecule has 0 aliphatic rings. The maximum atomic E-state index is 12.9. The second-order valence-corrected chi connectivity index (χ2v) is 5.77. The number of carbonyl (C=O) groups is 1. The Balaban J connectivity index is 2.22. The molecule has 0 saturated heterocycles. The van der Waals surface area contributed by atoms with Crippen LogP contribution >= 0.6 is 0 Å². The number of aromatic nitrogens is 1. The van der Waals surface area contributed by atoms with Gasteiger partial charge in [-0.05, 0) is 36.8 Å². The zero-order chi connectivity index (χ0) is 20.7. The van der Waals surface area contributed by atoms with Crippen molar-refractivity contribution in [2.24, 2.45) is 0 Å². The number of amides is 1. The molecule has 0 aliphatic carbocycles. The third-order valence-corrected chi connectivity index (χ3v) is 3.86. The van der Waals surface area contributed by atoms with Gasteiger partial charge in [0.2, 0.25) is 5.88 Å². The van der Waals surface area contributed by atoms with Crippen LogP contribution in [0.3, 0.4) is 0 Å². The van der Waals surface area contributed by atoms with E-state index in [1.54, 1.807) is 25.1 Å². The maximum absolute atomic E-state index is 12.9. The summed E-state index contributed by atoms with van der Waals surface area (Å²) >= 11 is 0. The van der Waals surface area contributed by atoms with E-state index in [4.69, 9.17) is 14.2 Å². The van der Waals surface area contributed by atoms with Crippen molar-refractivity contribution < 1.29 is 32.2 Å². The van der Waals surface area contributed by atoms with Crippen LogP contribution in [0.15, 0.2) is 36.5 Å². The molecule has 28 heavy (non-hydrogen) atoms. The van der Waals surface area contributed by atoms with Gasteiger partial charge >= 0.3 is 6.18 Å². The zero-order valence-corrected chi connectivity index (χ0v) is 15.7. The Labute approximate surface area is 160 Å². The third kappa shape index (κ3) is 5.51. The summed E-state index contributed by atoms with van der Waals surface area (Å²) < 4.78 is 52.5. The normalized spacial score (nSPS) is 11.1. The maximum Gasteiger partial charge on any atom is 0.422 e. The van der Waals surface area contributed by atoms with Crippen LogP contribution in [0.25, 0.3) is 0 Å². The highest BCUT2D eigenvalue weighted by Crippen LogP contribution is 2.28. The SMILES string of the molecule is CCN(Cc1ccc(OC)c(OC)c1)C(=O)c1cccnc1OCC(F)(F)F.